The van der Waals surface area contributed by atoms with Crippen molar-refractivity contribution in [1.29, 1.82) is 0 Å². The lowest BCUT2D eigenvalue weighted by atomic mass is 10.1. The number of allylic oxidation sites excluding steroid dienone is 1. The van der Waals surface area contributed by atoms with Crippen LogP contribution < -0.4 is 11.1 Å². The molecule has 0 spiro atoms. The third-order valence-electron chi connectivity index (χ3n) is 3.65. The Morgan fingerprint density at radius 1 is 1.21 bits per heavy atom. The predicted octanol–water partition coefficient (Wildman–Crippen LogP) is 3.40. The fourth-order valence-electron chi connectivity index (χ4n) is 2.50. The van der Waals surface area contributed by atoms with Gasteiger partial charge in [-0.15, -0.1) is 6.58 Å². The highest BCUT2D eigenvalue weighted by Crippen LogP contribution is 2.23. The minimum Gasteiger partial charge on any atom is -0.382 e. The number of nitrogens with one attached hydrogen (secondary N) is 1. The molecule has 3 N–H and O–H groups in total. The number of halogens is 1. The largest absolute Gasteiger partial charge is 0.382 e. The smallest absolute Gasteiger partial charge is 0.226 e. The fraction of sp³-hybridized carbons (Fsp3) is 0.235. The van der Waals surface area contributed by atoms with Gasteiger partial charge >= 0.3 is 0 Å². The van der Waals surface area contributed by atoms with E-state index in [1.54, 1.807) is 6.08 Å². The molecule has 1 aromatic carbocycles. The van der Waals surface area contributed by atoms with E-state index >= 15 is 0 Å². The SMILES string of the molecule is C=CCn1c(Br)nc2c(N)nc(NCCCc3ccccc3)nc21. The monoisotopic (exact) mass is 386 g/mol. The zero-order valence-corrected chi connectivity index (χ0v) is 14.8. The highest BCUT2D eigenvalue weighted by atomic mass is 79.9. The van der Waals surface area contributed by atoms with E-state index in [4.69, 9.17) is 5.73 Å². The molecule has 0 saturated carbocycles. The Morgan fingerprint density at radius 2 is 2.00 bits per heavy atom. The van der Waals surface area contributed by atoms with Gasteiger partial charge in [0, 0.05) is 13.1 Å². The van der Waals surface area contributed by atoms with Gasteiger partial charge in [0.2, 0.25) is 5.95 Å². The Kier molecular flexibility index (Phi) is 5.10. The van der Waals surface area contributed by atoms with Gasteiger partial charge in [-0.1, -0.05) is 36.4 Å². The van der Waals surface area contributed by atoms with E-state index in [-0.39, 0.29) is 0 Å². The predicted molar refractivity (Wildman–Crippen MR) is 101 cm³/mol. The van der Waals surface area contributed by atoms with Gasteiger partial charge in [-0.05, 0) is 34.3 Å². The lowest BCUT2D eigenvalue weighted by Crippen LogP contribution is -2.09. The number of fused-ring (bicyclic) bond motifs is 1. The van der Waals surface area contributed by atoms with Crippen molar-refractivity contribution in [3.63, 3.8) is 0 Å². The Bertz CT molecular complexity index is 843. The van der Waals surface area contributed by atoms with E-state index in [9.17, 15) is 0 Å². The average molecular weight is 387 g/mol. The maximum atomic E-state index is 6.02. The third kappa shape index (κ3) is 3.56. The van der Waals surface area contributed by atoms with Gasteiger partial charge in [0.05, 0.1) is 0 Å². The van der Waals surface area contributed by atoms with Crippen molar-refractivity contribution in [3.05, 3.63) is 53.3 Å². The number of hydrogen-bond donors (Lipinski definition) is 2. The molecule has 0 fully saturated rings. The first-order valence-electron chi connectivity index (χ1n) is 7.77. The first kappa shape index (κ1) is 16.4. The molecule has 24 heavy (non-hydrogen) atoms. The van der Waals surface area contributed by atoms with Crippen molar-refractivity contribution in [3.8, 4) is 0 Å². The Labute approximate surface area is 149 Å². The van der Waals surface area contributed by atoms with E-state index in [1.807, 2.05) is 10.6 Å². The molecule has 7 heteroatoms. The van der Waals surface area contributed by atoms with E-state index < -0.39 is 0 Å². The molecule has 3 aromatic rings. The number of hydrogen-bond acceptors (Lipinski definition) is 5. The highest BCUT2D eigenvalue weighted by Gasteiger charge is 2.14. The van der Waals surface area contributed by atoms with Crippen LogP contribution >= 0.6 is 15.9 Å². The molecule has 124 valence electrons. The number of imidazole rings is 1. The van der Waals surface area contributed by atoms with E-state index in [0.29, 0.717) is 34.2 Å². The summed E-state index contributed by atoms with van der Waals surface area (Å²) in [6.07, 6.45) is 3.78. The van der Waals surface area contributed by atoms with Crippen LogP contribution in [-0.4, -0.2) is 26.1 Å². The van der Waals surface area contributed by atoms with Crippen LogP contribution in [0.4, 0.5) is 11.8 Å². The van der Waals surface area contributed by atoms with E-state index in [1.165, 1.54) is 5.56 Å². The number of rotatable bonds is 7. The first-order chi connectivity index (χ1) is 11.7. The quantitative estimate of drug-likeness (QED) is 0.369. The van der Waals surface area contributed by atoms with Crippen molar-refractivity contribution in [2.24, 2.45) is 0 Å². The van der Waals surface area contributed by atoms with Crippen LogP contribution in [0.2, 0.25) is 0 Å². The molecule has 2 heterocycles. The molecule has 0 amide bonds. The lowest BCUT2D eigenvalue weighted by Gasteiger charge is -2.07. The summed E-state index contributed by atoms with van der Waals surface area (Å²) in [6.45, 7) is 5.13. The first-order valence-corrected chi connectivity index (χ1v) is 8.56. The highest BCUT2D eigenvalue weighted by molar-refractivity contribution is 9.10. The minimum absolute atomic E-state index is 0.370. The molecule has 0 aliphatic carbocycles. The summed E-state index contributed by atoms with van der Waals surface area (Å²) in [5.74, 6) is 0.889. The summed E-state index contributed by atoms with van der Waals surface area (Å²) in [4.78, 5) is 13.2. The molecule has 0 atom stereocenters. The van der Waals surface area contributed by atoms with E-state index in [2.05, 4.69) is 67.0 Å². The number of nitrogens with two attached hydrogens (primary N) is 1. The second kappa shape index (κ2) is 7.44. The molecule has 0 bridgehead atoms. The third-order valence-corrected chi connectivity index (χ3v) is 4.26. The zero-order valence-electron chi connectivity index (χ0n) is 13.2. The number of anilines is 2. The van der Waals surface area contributed by atoms with Crippen LogP contribution in [0, 0.1) is 0 Å². The van der Waals surface area contributed by atoms with Crippen LogP contribution in [0.15, 0.2) is 47.7 Å². The van der Waals surface area contributed by atoms with Crippen LogP contribution in [-0.2, 0) is 13.0 Å². The van der Waals surface area contributed by atoms with Crippen molar-refractivity contribution in [2.75, 3.05) is 17.6 Å². The number of aryl methyl sites for hydroxylation is 1. The summed E-state index contributed by atoms with van der Waals surface area (Å²) >= 11 is 3.42. The number of aromatic nitrogens is 4. The summed E-state index contributed by atoms with van der Waals surface area (Å²) in [5, 5.41) is 3.24. The second-order valence-corrected chi connectivity index (χ2v) is 6.11. The lowest BCUT2D eigenvalue weighted by molar-refractivity contribution is 0.811. The number of nitrogen functional groups attached to an aromatic ring is 1. The second-order valence-electron chi connectivity index (χ2n) is 5.40. The van der Waals surface area contributed by atoms with Crippen molar-refractivity contribution in [1.82, 2.24) is 19.5 Å². The molecular formula is C17H19BrN6. The normalized spacial score (nSPS) is 10.9. The van der Waals surface area contributed by atoms with Gasteiger partial charge in [-0.3, -0.25) is 4.57 Å². The topological polar surface area (TPSA) is 81.7 Å². The Hall–Kier alpha value is -2.41. The van der Waals surface area contributed by atoms with Gasteiger partial charge in [-0.25, -0.2) is 4.98 Å². The molecule has 0 aliphatic heterocycles. The van der Waals surface area contributed by atoms with Crippen LogP contribution in [0.3, 0.4) is 0 Å². The van der Waals surface area contributed by atoms with Crippen LogP contribution in [0.1, 0.15) is 12.0 Å². The van der Waals surface area contributed by atoms with Crippen molar-refractivity contribution < 1.29 is 0 Å². The molecule has 3 rings (SSSR count). The molecule has 0 radical (unpaired) electrons. The van der Waals surface area contributed by atoms with Crippen LogP contribution in [0.5, 0.6) is 0 Å². The molecule has 0 aliphatic rings. The Balaban J connectivity index is 1.70. The van der Waals surface area contributed by atoms with Gasteiger partial charge in [0.1, 0.15) is 0 Å². The molecule has 0 saturated heterocycles. The van der Waals surface area contributed by atoms with Gasteiger partial charge in [0.15, 0.2) is 21.7 Å². The summed E-state index contributed by atoms with van der Waals surface area (Å²) in [7, 11) is 0. The summed E-state index contributed by atoms with van der Waals surface area (Å²) in [5.41, 5.74) is 8.63. The number of nitrogens with zero attached hydrogens (tertiary/aromatic N) is 4. The maximum Gasteiger partial charge on any atom is 0.226 e. The summed E-state index contributed by atoms with van der Waals surface area (Å²) in [6, 6.07) is 10.4. The van der Waals surface area contributed by atoms with Gasteiger partial charge < -0.3 is 11.1 Å². The van der Waals surface area contributed by atoms with Crippen LogP contribution in [0.25, 0.3) is 11.2 Å². The Morgan fingerprint density at radius 3 is 2.75 bits per heavy atom. The maximum absolute atomic E-state index is 6.02. The number of benzene rings is 1. The molecule has 0 unspecified atom stereocenters. The van der Waals surface area contributed by atoms with E-state index in [0.717, 1.165) is 19.4 Å². The summed E-state index contributed by atoms with van der Waals surface area (Å²) < 4.78 is 2.56. The van der Waals surface area contributed by atoms with Gasteiger partial charge in [0.25, 0.3) is 0 Å². The minimum atomic E-state index is 0.370. The molecular weight excluding hydrogens is 368 g/mol. The average Bonchev–Trinajstić information content (AvgIpc) is 2.90. The van der Waals surface area contributed by atoms with Crippen molar-refractivity contribution in [2.45, 2.75) is 19.4 Å². The molecule has 6 nitrogen and oxygen atoms in total. The fourth-order valence-corrected chi connectivity index (χ4v) is 2.99. The zero-order chi connectivity index (χ0) is 16.9. The molecule has 2 aromatic heterocycles. The standard InChI is InChI=1S/C17H19BrN6/c1-2-11-24-15-13(21-16(24)18)14(19)22-17(23-15)20-10-6-9-12-7-4-3-5-8-12/h2-5,7-8H,1,6,9-11H2,(H3,19,20,22,23). The van der Waals surface area contributed by atoms with Crippen molar-refractivity contribution >= 4 is 38.9 Å². The van der Waals surface area contributed by atoms with Gasteiger partial charge in [-0.2, -0.15) is 9.97 Å².